The molecule has 0 aliphatic carbocycles. The molecule has 0 radical (unpaired) electrons. The first kappa shape index (κ1) is 20.7. The zero-order valence-electron chi connectivity index (χ0n) is 15.1. The van der Waals surface area contributed by atoms with Crippen molar-refractivity contribution in [2.45, 2.75) is 29.6 Å². The fourth-order valence-electron chi connectivity index (χ4n) is 3.10. The van der Waals surface area contributed by atoms with Crippen molar-refractivity contribution >= 4 is 25.7 Å². The Morgan fingerprint density at radius 1 is 1.04 bits per heavy atom. The zero-order chi connectivity index (χ0) is 20.5. The highest BCUT2D eigenvalue weighted by molar-refractivity contribution is 7.92. The molecule has 152 valence electrons. The predicted octanol–water partition coefficient (Wildman–Crippen LogP) is 3.19. The van der Waals surface area contributed by atoms with Crippen molar-refractivity contribution in [1.29, 1.82) is 0 Å². The van der Waals surface area contributed by atoms with E-state index in [2.05, 4.69) is 4.72 Å². The molecule has 1 heterocycles. The SMILES string of the molecule is C[C@@H]1CCCN(S(=O)(=O)c2ccc(NS(=O)(=O)c3cc(F)ccc3F)cc2)C1. The van der Waals surface area contributed by atoms with Gasteiger partial charge >= 0.3 is 0 Å². The summed E-state index contributed by atoms with van der Waals surface area (Å²) in [7, 11) is -8.04. The molecule has 10 heteroatoms. The van der Waals surface area contributed by atoms with Gasteiger partial charge in [0, 0.05) is 18.8 Å². The van der Waals surface area contributed by atoms with Gasteiger partial charge in [-0.05, 0) is 61.2 Å². The third kappa shape index (κ3) is 4.34. The van der Waals surface area contributed by atoms with E-state index in [1.165, 1.54) is 28.6 Å². The van der Waals surface area contributed by atoms with E-state index in [0.717, 1.165) is 25.0 Å². The first-order valence-corrected chi connectivity index (χ1v) is 11.6. The van der Waals surface area contributed by atoms with Crippen molar-refractivity contribution in [2.75, 3.05) is 17.8 Å². The molecule has 2 aromatic carbocycles. The van der Waals surface area contributed by atoms with Gasteiger partial charge in [-0.2, -0.15) is 4.31 Å². The third-order valence-corrected chi connectivity index (χ3v) is 7.82. The lowest BCUT2D eigenvalue weighted by molar-refractivity contribution is 0.281. The van der Waals surface area contributed by atoms with Gasteiger partial charge in [-0.3, -0.25) is 4.72 Å². The molecule has 6 nitrogen and oxygen atoms in total. The van der Waals surface area contributed by atoms with Crippen LogP contribution in [0, 0.1) is 17.6 Å². The van der Waals surface area contributed by atoms with Crippen LogP contribution >= 0.6 is 0 Å². The Morgan fingerprint density at radius 3 is 2.36 bits per heavy atom. The molecule has 1 aliphatic rings. The van der Waals surface area contributed by atoms with E-state index in [-0.39, 0.29) is 16.5 Å². The second-order valence-corrected chi connectivity index (χ2v) is 10.4. The van der Waals surface area contributed by atoms with Gasteiger partial charge in [-0.25, -0.2) is 25.6 Å². The Morgan fingerprint density at radius 2 is 1.71 bits per heavy atom. The van der Waals surface area contributed by atoms with Crippen LogP contribution in [0.1, 0.15) is 19.8 Å². The minimum Gasteiger partial charge on any atom is -0.280 e. The highest BCUT2D eigenvalue weighted by atomic mass is 32.2. The Balaban J connectivity index is 1.82. The molecule has 28 heavy (non-hydrogen) atoms. The van der Waals surface area contributed by atoms with E-state index >= 15 is 0 Å². The summed E-state index contributed by atoms with van der Waals surface area (Å²) in [5, 5.41) is 0. The second kappa shape index (κ2) is 7.76. The smallest absolute Gasteiger partial charge is 0.264 e. The maximum atomic E-state index is 13.8. The quantitative estimate of drug-likeness (QED) is 0.790. The van der Waals surface area contributed by atoms with Gasteiger partial charge in [0.2, 0.25) is 10.0 Å². The summed E-state index contributed by atoms with van der Waals surface area (Å²) < 4.78 is 80.6. The maximum absolute atomic E-state index is 13.8. The topological polar surface area (TPSA) is 83.6 Å². The van der Waals surface area contributed by atoms with E-state index in [0.29, 0.717) is 19.2 Å². The van der Waals surface area contributed by atoms with Gasteiger partial charge < -0.3 is 0 Å². The Kier molecular flexibility index (Phi) is 5.74. The minimum absolute atomic E-state index is 0.0367. The van der Waals surface area contributed by atoms with Crippen molar-refractivity contribution in [2.24, 2.45) is 5.92 Å². The van der Waals surface area contributed by atoms with E-state index in [1.54, 1.807) is 0 Å². The number of benzene rings is 2. The lowest BCUT2D eigenvalue weighted by atomic mass is 10.0. The van der Waals surface area contributed by atoms with Crippen molar-refractivity contribution in [1.82, 2.24) is 4.31 Å². The fourth-order valence-corrected chi connectivity index (χ4v) is 5.85. The van der Waals surface area contributed by atoms with Gasteiger partial charge in [-0.15, -0.1) is 0 Å². The van der Waals surface area contributed by atoms with Crippen LogP contribution in [0.25, 0.3) is 0 Å². The van der Waals surface area contributed by atoms with Crippen LogP contribution in [0.2, 0.25) is 0 Å². The number of hydrogen-bond donors (Lipinski definition) is 1. The zero-order valence-corrected chi connectivity index (χ0v) is 16.7. The van der Waals surface area contributed by atoms with Gasteiger partial charge in [-0.1, -0.05) is 6.92 Å². The Hall–Kier alpha value is -2.04. The Bertz CT molecular complexity index is 1070. The fraction of sp³-hybridized carbons (Fsp3) is 0.333. The molecule has 1 fully saturated rings. The van der Waals surface area contributed by atoms with Crippen LogP contribution in [0.4, 0.5) is 14.5 Å². The summed E-state index contributed by atoms with van der Waals surface area (Å²) in [6, 6.07) is 7.23. The van der Waals surface area contributed by atoms with Gasteiger partial charge in [0.25, 0.3) is 10.0 Å². The van der Waals surface area contributed by atoms with Crippen LogP contribution in [0.3, 0.4) is 0 Å². The molecule has 0 bridgehead atoms. The van der Waals surface area contributed by atoms with E-state index in [4.69, 9.17) is 0 Å². The standard InChI is InChI=1S/C18H20F2N2O4S2/c1-13-3-2-10-22(12-13)28(25,26)16-7-5-15(6-8-16)21-27(23,24)18-11-14(19)4-9-17(18)20/h4-9,11,13,21H,2-3,10,12H2,1H3/t13-/m1/s1. The van der Waals surface area contributed by atoms with Crippen molar-refractivity contribution in [3.05, 3.63) is 54.1 Å². The number of piperidine rings is 1. The molecule has 0 spiro atoms. The summed E-state index contributed by atoms with van der Waals surface area (Å²) in [4.78, 5) is -0.784. The maximum Gasteiger partial charge on any atom is 0.264 e. The number of nitrogens with zero attached hydrogens (tertiary/aromatic N) is 1. The van der Waals surface area contributed by atoms with E-state index in [1.807, 2.05) is 6.92 Å². The first-order chi connectivity index (χ1) is 13.1. The summed E-state index contributed by atoms with van der Waals surface area (Å²) in [5.74, 6) is -1.71. The average molecular weight is 430 g/mol. The van der Waals surface area contributed by atoms with Gasteiger partial charge in [0.15, 0.2) is 0 Å². The lowest BCUT2D eigenvalue weighted by Crippen LogP contribution is -2.39. The van der Waals surface area contributed by atoms with Crippen LogP contribution in [-0.2, 0) is 20.0 Å². The molecule has 1 aliphatic heterocycles. The molecule has 1 atom stereocenters. The van der Waals surface area contributed by atoms with E-state index in [9.17, 15) is 25.6 Å². The highest BCUT2D eigenvalue weighted by Gasteiger charge is 2.28. The second-order valence-electron chi connectivity index (χ2n) is 6.82. The predicted molar refractivity (Wildman–Crippen MR) is 101 cm³/mol. The Labute approximate surface area is 163 Å². The molecule has 3 rings (SSSR count). The van der Waals surface area contributed by atoms with Crippen LogP contribution in [0.5, 0.6) is 0 Å². The van der Waals surface area contributed by atoms with Crippen molar-refractivity contribution in [3.8, 4) is 0 Å². The summed E-state index contributed by atoms with van der Waals surface area (Å²) >= 11 is 0. The molecular formula is C18H20F2N2O4S2. The molecule has 0 unspecified atom stereocenters. The van der Waals surface area contributed by atoms with Crippen LogP contribution in [0.15, 0.2) is 52.3 Å². The number of sulfonamides is 2. The number of nitrogens with one attached hydrogen (secondary N) is 1. The molecule has 1 N–H and O–H groups in total. The van der Waals surface area contributed by atoms with Crippen molar-refractivity contribution in [3.63, 3.8) is 0 Å². The molecule has 0 saturated carbocycles. The monoisotopic (exact) mass is 430 g/mol. The van der Waals surface area contributed by atoms with Crippen LogP contribution < -0.4 is 4.72 Å². The highest BCUT2D eigenvalue weighted by Crippen LogP contribution is 2.25. The number of anilines is 1. The first-order valence-electron chi connectivity index (χ1n) is 8.68. The molecule has 0 amide bonds. The molecular weight excluding hydrogens is 410 g/mol. The summed E-state index contributed by atoms with van der Waals surface area (Å²) in [5.41, 5.74) is 0.0367. The third-order valence-electron chi connectivity index (χ3n) is 4.55. The number of hydrogen-bond acceptors (Lipinski definition) is 4. The lowest BCUT2D eigenvalue weighted by Gasteiger charge is -2.30. The van der Waals surface area contributed by atoms with E-state index < -0.39 is 36.6 Å². The normalized spacial score (nSPS) is 18.8. The molecule has 1 saturated heterocycles. The van der Waals surface area contributed by atoms with Gasteiger partial charge in [0.05, 0.1) is 4.90 Å². The van der Waals surface area contributed by atoms with Crippen molar-refractivity contribution < 1.29 is 25.6 Å². The average Bonchev–Trinajstić information content (AvgIpc) is 2.64. The molecule has 0 aromatic heterocycles. The summed E-state index contributed by atoms with van der Waals surface area (Å²) in [6.07, 6.45) is 1.76. The number of rotatable bonds is 5. The van der Waals surface area contributed by atoms with Gasteiger partial charge in [0.1, 0.15) is 16.5 Å². The molecule has 2 aromatic rings. The largest absolute Gasteiger partial charge is 0.280 e. The minimum atomic E-state index is -4.37. The van der Waals surface area contributed by atoms with Crippen LogP contribution in [-0.4, -0.2) is 34.2 Å². The summed E-state index contributed by atoms with van der Waals surface area (Å²) in [6.45, 7) is 2.88. The number of halogens is 2.